The summed E-state index contributed by atoms with van der Waals surface area (Å²) in [5.74, 6) is -0.415. The molecule has 0 fully saturated rings. The molecule has 1 atom stereocenters. The van der Waals surface area contributed by atoms with E-state index >= 15 is 0 Å². The first-order chi connectivity index (χ1) is 7.16. The number of carbonyl (C=O) groups is 1. The highest BCUT2D eigenvalue weighted by atomic mass is 16.4. The van der Waals surface area contributed by atoms with Crippen LogP contribution in [-0.2, 0) is 11.2 Å². The summed E-state index contributed by atoms with van der Waals surface area (Å²) < 4.78 is 5.45. The SMILES string of the molecule is NC(Cc1cc2ccccc2o1)C(=O)O. The van der Waals surface area contributed by atoms with Gasteiger partial charge in [-0.1, -0.05) is 18.2 Å². The number of rotatable bonds is 3. The van der Waals surface area contributed by atoms with Gasteiger partial charge in [0.15, 0.2) is 0 Å². The smallest absolute Gasteiger partial charge is 0.320 e. The molecule has 0 saturated heterocycles. The lowest BCUT2D eigenvalue weighted by atomic mass is 10.2. The quantitative estimate of drug-likeness (QED) is 0.793. The predicted octanol–water partition coefficient (Wildman–Crippen LogP) is 1.39. The Morgan fingerprint density at radius 1 is 1.47 bits per heavy atom. The molecule has 1 heterocycles. The van der Waals surface area contributed by atoms with Crippen LogP contribution in [0.1, 0.15) is 5.76 Å². The number of carboxylic acids is 1. The Kier molecular flexibility index (Phi) is 2.43. The Bertz CT molecular complexity index is 456. The Morgan fingerprint density at radius 2 is 2.20 bits per heavy atom. The van der Waals surface area contributed by atoms with Crippen molar-refractivity contribution >= 4 is 16.9 Å². The van der Waals surface area contributed by atoms with Gasteiger partial charge in [0.25, 0.3) is 0 Å². The molecular formula is C11H11NO3. The van der Waals surface area contributed by atoms with E-state index in [-0.39, 0.29) is 6.42 Å². The van der Waals surface area contributed by atoms with E-state index in [1.165, 1.54) is 0 Å². The number of benzene rings is 1. The van der Waals surface area contributed by atoms with Crippen molar-refractivity contribution in [2.45, 2.75) is 12.5 Å². The number of carboxylic acid groups (broad SMARTS) is 1. The highest BCUT2D eigenvalue weighted by Gasteiger charge is 2.14. The third-order valence-corrected chi connectivity index (χ3v) is 2.21. The van der Waals surface area contributed by atoms with Gasteiger partial charge in [0.1, 0.15) is 17.4 Å². The van der Waals surface area contributed by atoms with Crippen LogP contribution < -0.4 is 5.73 Å². The van der Waals surface area contributed by atoms with Crippen molar-refractivity contribution in [1.82, 2.24) is 0 Å². The lowest BCUT2D eigenvalue weighted by Crippen LogP contribution is -2.32. The summed E-state index contributed by atoms with van der Waals surface area (Å²) in [6.07, 6.45) is 0.212. The van der Waals surface area contributed by atoms with Gasteiger partial charge in [0, 0.05) is 11.8 Å². The summed E-state index contributed by atoms with van der Waals surface area (Å²) in [5.41, 5.74) is 6.17. The summed E-state index contributed by atoms with van der Waals surface area (Å²) in [6, 6.07) is 8.43. The van der Waals surface area contributed by atoms with Crippen LogP contribution in [0.3, 0.4) is 0 Å². The first-order valence-corrected chi connectivity index (χ1v) is 4.62. The zero-order chi connectivity index (χ0) is 10.8. The number of aliphatic carboxylic acids is 1. The molecule has 3 N–H and O–H groups in total. The molecule has 0 aliphatic carbocycles. The van der Waals surface area contributed by atoms with Crippen LogP contribution in [0.4, 0.5) is 0 Å². The second-order valence-electron chi connectivity index (χ2n) is 3.40. The molecule has 0 radical (unpaired) electrons. The largest absolute Gasteiger partial charge is 0.480 e. The van der Waals surface area contributed by atoms with Gasteiger partial charge in [-0.3, -0.25) is 4.79 Å². The van der Waals surface area contributed by atoms with Crippen molar-refractivity contribution < 1.29 is 14.3 Å². The van der Waals surface area contributed by atoms with Crippen LogP contribution in [0.2, 0.25) is 0 Å². The maximum atomic E-state index is 10.6. The molecule has 1 unspecified atom stereocenters. The minimum atomic E-state index is -1.02. The Labute approximate surface area is 86.3 Å². The summed E-state index contributed by atoms with van der Waals surface area (Å²) >= 11 is 0. The Balaban J connectivity index is 2.26. The van der Waals surface area contributed by atoms with Crippen molar-refractivity contribution in [3.63, 3.8) is 0 Å². The van der Waals surface area contributed by atoms with E-state index in [1.54, 1.807) is 0 Å². The summed E-state index contributed by atoms with van der Waals surface area (Å²) in [6.45, 7) is 0. The average Bonchev–Trinajstić information content (AvgIpc) is 2.59. The first-order valence-electron chi connectivity index (χ1n) is 4.62. The zero-order valence-electron chi connectivity index (χ0n) is 8.01. The minimum absolute atomic E-state index is 0.212. The van der Waals surface area contributed by atoms with Gasteiger partial charge in [-0.25, -0.2) is 0 Å². The average molecular weight is 205 g/mol. The maximum Gasteiger partial charge on any atom is 0.320 e. The molecule has 4 heteroatoms. The molecule has 15 heavy (non-hydrogen) atoms. The van der Waals surface area contributed by atoms with Crippen molar-refractivity contribution in [2.24, 2.45) is 5.73 Å². The molecule has 1 aromatic heterocycles. The number of para-hydroxylation sites is 1. The van der Waals surface area contributed by atoms with Crippen molar-refractivity contribution in [1.29, 1.82) is 0 Å². The number of fused-ring (bicyclic) bond motifs is 1. The van der Waals surface area contributed by atoms with Crippen LogP contribution in [0.25, 0.3) is 11.0 Å². The third-order valence-electron chi connectivity index (χ3n) is 2.21. The van der Waals surface area contributed by atoms with Crippen LogP contribution in [0.5, 0.6) is 0 Å². The van der Waals surface area contributed by atoms with E-state index in [1.807, 2.05) is 30.3 Å². The molecule has 0 saturated carbocycles. The van der Waals surface area contributed by atoms with E-state index < -0.39 is 12.0 Å². The molecule has 78 valence electrons. The molecular weight excluding hydrogens is 194 g/mol. The first kappa shape index (κ1) is 9.73. The van der Waals surface area contributed by atoms with Gasteiger partial charge < -0.3 is 15.3 Å². The monoisotopic (exact) mass is 205 g/mol. The normalized spacial score (nSPS) is 12.9. The standard InChI is InChI=1S/C11H11NO3/c12-9(11(13)14)6-8-5-7-3-1-2-4-10(7)15-8/h1-5,9H,6,12H2,(H,13,14). The second kappa shape index (κ2) is 3.74. The molecule has 0 spiro atoms. The van der Waals surface area contributed by atoms with E-state index in [2.05, 4.69) is 0 Å². The molecule has 0 aliphatic rings. The number of nitrogens with two attached hydrogens (primary N) is 1. The maximum absolute atomic E-state index is 10.6. The van der Waals surface area contributed by atoms with Crippen molar-refractivity contribution in [3.05, 3.63) is 36.1 Å². The molecule has 2 rings (SSSR count). The fourth-order valence-electron chi connectivity index (χ4n) is 1.44. The van der Waals surface area contributed by atoms with Gasteiger partial charge in [-0.15, -0.1) is 0 Å². The van der Waals surface area contributed by atoms with Crippen LogP contribution in [-0.4, -0.2) is 17.1 Å². The minimum Gasteiger partial charge on any atom is -0.480 e. The van der Waals surface area contributed by atoms with Crippen LogP contribution in [0.15, 0.2) is 34.7 Å². The zero-order valence-corrected chi connectivity index (χ0v) is 8.01. The van der Waals surface area contributed by atoms with Gasteiger partial charge in [0.05, 0.1) is 0 Å². The molecule has 0 aliphatic heterocycles. The fraction of sp³-hybridized carbons (Fsp3) is 0.182. The van der Waals surface area contributed by atoms with E-state index in [0.717, 1.165) is 11.0 Å². The van der Waals surface area contributed by atoms with E-state index in [0.29, 0.717) is 5.76 Å². The molecule has 0 amide bonds. The van der Waals surface area contributed by atoms with Crippen LogP contribution >= 0.6 is 0 Å². The topological polar surface area (TPSA) is 76.5 Å². The highest BCUT2D eigenvalue weighted by Crippen LogP contribution is 2.19. The molecule has 0 bridgehead atoms. The van der Waals surface area contributed by atoms with E-state index in [4.69, 9.17) is 15.3 Å². The summed E-state index contributed by atoms with van der Waals surface area (Å²) in [4.78, 5) is 10.6. The molecule has 1 aromatic carbocycles. The van der Waals surface area contributed by atoms with Gasteiger partial charge in [0.2, 0.25) is 0 Å². The fourth-order valence-corrected chi connectivity index (χ4v) is 1.44. The van der Waals surface area contributed by atoms with Crippen LogP contribution in [0, 0.1) is 0 Å². The Morgan fingerprint density at radius 3 is 2.87 bits per heavy atom. The van der Waals surface area contributed by atoms with Crippen molar-refractivity contribution in [2.75, 3.05) is 0 Å². The lowest BCUT2D eigenvalue weighted by molar-refractivity contribution is -0.138. The van der Waals surface area contributed by atoms with Gasteiger partial charge in [-0.2, -0.15) is 0 Å². The number of hydrogen-bond acceptors (Lipinski definition) is 3. The van der Waals surface area contributed by atoms with Gasteiger partial charge in [-0.05, 0) is 12.1 Å². The number of hydrogen-bond donors (Lipinski definition) is 2. The van der Waals surface area contributed by atoms with Gasteiger partial charge >= 0.3 is 5.97 Å². The number of furan rings is 1. The molecule has 4 nitrogen and oxygen atoms in total. The van der Waals surface area contributed by atoms with E-state index in [9.17, 15) is 4.79 Å². The summed E-state index contributed by atoms with van der Waals surface area (Å²) in [7, 11) is 0. The second-order valence-corrected chi connectivity index (χ2v) is 3.40. The molecule has 2 aromatic rings. The Hall–Kier alpha value is -1.81. The van der Waals surface area contributed by atoms with Crippen molar-refractivity contribution in [3.8, 4) is 0 Å². The highest BCUT2D eigenvalue weighted by molar-refractivity contribution is 5.78. The predicted molar refractivity (Wildman–Crippen MR) is 55.5 cm³/mol. The summed E-state index contributed by atoms with van der Waals surface area (Å²) in [5, 5.41) is 9.61. The lowest BCUT2D eigenvalue weighted by Gasteiger charge is -2.01. The third kappa shape index (κ3) is 1.99.